The third-order valence-electron chi connectivity index (χ3n) is 4.20. The molecular weight excluding hydrogens is 325 g/mol. The lowest BCUT2D eigenvalue weighted by Crippen LogP contribution is -2.42. The van der Waals surface area contributed by atoms with Crippen LogP contribution in [0.3, 0.4) is 0 Å². The van der Waals surface area contributed by atoms with Gasteiger partial charge in [0.15, 0.2) is 6.04 Å². The highest BCUT2D eigenvalue weighted by atomic mass is 19.1. The van der Waals surface area contributed by atoms with Crippen LogP contribution in [-0.2, 0) is 11.8 Å². The second-order valence-corrected chi connectivity index (χ2v) is 5.96. The fourth-order valence-electron chi connectivity index (χ4n) is 2.97. The van der Waals surface area contributed by atoms with Gasteiger partial charge < -0.3 is 4.90 Å². The molecule has 1 aliphatic heterocycles. The summed E-state index contributed by atoms with van der Waals surface area (Å²) < 4.78 is 15.0. The zero-order chi connectivity index (χ0) is 17.4. The molecule has 9 heteroatoms. The molecule has 0 radical (unpaired) electrons. The number of carbonyl (C=O) groups excluding carboxylic acids is 1. The Hall–Kier alpha value is -3.10. The van der Waals surface area contributed by atoms with Crippen LogP contribution in [0, 0.1) is 5.82 Å². The zero-order valence-electron chi connectivity index (χ0n) is 13.6. The zero-order valence-corrected chi connectivity index (χ0v) is 13.6. The van der Waals surface area contributed by atoms with Crippen LogP contribution < -0.4 is 4.90 Å². The summed E-state index contributed by atoms with van der Waals surface area (Å²) >= 11 is 0. The summed E-state index contributed by atoms with van der Waals surface area (Å²) in [6.07, 6.45) is 4.91. The predicted octanol–water partition coefficient (Wildman–Crippen LogP) is 1.58. The van der Waals surface area contributed by atoms with Gasteiger partial charge in [-0.25, -0.2) is 4.39 Å². The lowest BCUT2D eigenvalue weighted by Gasteiger charge is -2.30. The molecule has 0 saturated carbocycles. The normalized spacial score (nSPS) is 17.9. The Bertz CT molecular complexity index is 919. The Balaban J connectivity index is 1.60. The molecule has 3 heterocycles. The molecule has 1 aromatic carbocycles. The number of halogens is 1. The number of amides is 1. The number of nitrogens with zero attached hydrogens (tertiary/aromatic N) is 7. The highest BCUT2D eigenvalue weighted by Gasteiger charge is 2.33. The van der Waals surface area contributed by atoms with Crippen LogP contribution in [0.4, 0.5) is 10.1 Å². The average molecular weight is 341 g/mol. The molecule has 1 aliphatic rings. The van der Waals surface area contributed by atoms with Crippen LogP contribution in [0.25, 0.3) is 11.4 Å². The van der Waals surface area contributed by atoms with E-state index in [1.165, 1.54) is 16.9 Å². The van der Waals surface area contributed by atoms with Gasteiger partial charge in [-0.2, -0.15) is 9.90 Å². The first-order valence-electron chi connectivity index (χ1n) is 7.97. The standard InChI is InChI=1S/C16H16FN7O/c1-22-10-13(9-18-22)23-7-3-6-14(16(23)25)24-20-15(19-21-24)11-4-2-5-12(17)8-11/h2,4-5,8-10,14H,3,6-7H2,1H3/t14-/m1/s1. The summed E-state index contributed by atoms with van der Waals surface area (Å²) in [6, 6.07) is 5.45. The van der Waals surface area contributed by atoms with Crippen molar-refractivity contribution in [2.24, 2.45) is 7.05 Å². The molecule has 0 N–H and O–H groups in total. The first-order valence-corrected chi connectivity index (χ1v) is 7.97. The minimum atomic E-state index is -0.524. The topological polar surface area (TPSA) is 81.7 Å². The van der Waals surface area contributed by atoms with E-state index < -0.39 is 6.04 Å². The Morgan fingerprint density at radius 2 is 2.20 bits per heavy atom. The lowest BCUT2D eigenvalue weighted by molar-refractivity contribution is -0.123. The fraction of sp³-hybridized carbons (Fsp3) is 0.312. The number of piperidine rings is 1. The van der Waals surface area contributed by atoms with Gasteiger partial charge in [0.25, 0.3) is 5.91 Å². The van der Waals surface area contributed by atoms with E-state index in [0.29, 0.717) is 24.4 Å². The van der Waals surface area contributed by atoms with Gasteiger partial charge in [0.1, 0.15) is 5.82 Å². The van der Waals surface area contributed by atoms with Crippen LogP contribution in [0.1, 0.15) is 18.9 Å². The summed E-state index contributed by atoms with van der Waals surface area (Å²) in [5.74, 6) is -0.168. The van der Waals surface area contributed by atoms with Gasteiger partial charge in [-0.15, -0.1) is 10.2 Å². The van der Waals surface area contributed by atoms with Crippen molar-refractivity contribution >= 4 is 11.6 Å². The van der Waals surface area contributed by atoms with Gasteiger partial charge in [0.2, 0.25) is 5.82 Å². The van der Waals surface area contributed by atoms with Crippen molar-refractivity contribution in [2.75, 3.05) is 11.4 Å². The van der Waals surface area contributed by atoms with E-state index in [1.807, 2.05) is 0 Å². The first kappa shape index (κ1) is 15.4. The number of anilines is 1. The van der Waals surface area contributed by atoms with Gasteiger partial charge in [0, 0.05) is 25.4 Å². The molecule has 2 aromatic heterocycles. The van der Waals surface area contributed by atoms with E-state index >= 15 is 0 Å². The van der Waals surface area contributed by atoms with Crippen molar-refractivity contribution in [1.29, 1.82) is 0 Å². The monoisotopic (exact) mass is 341 g/mol. The number of carbonyl (C=O) groups is 1. The quantitative estimate of drug-likeness (QED) is 0.722. The van der Waals surface area contributed by atoms with Crippen molar-refractivity contribution in [3.05, 3.63) is 42.5 Å². The third-order valence-corrected chi connectivity index (χ3v) is 4.20. The van der Waals surface area contributed by atoms with Crippen LogP contribution in [-0.4, -0.2) is 42.4 Å². The Labute approximate surface area is 142 Å². The van der Waals surface area contributed by atoms with Gasteiger partial charge in [-0.1, -0.05) is 12.1 Å². The molecular formula is C16H16FN7O. The highest BCUT2D eigenvalue weighted by molar-refractivity contribution is 5.96. The minimum absolute atomic E-state index is 0.0950. The first-order chi connectivity index (χ1) is 12.1. The smallest absolute Gasteiger partial charge is 0.253 e. The van der Waals surface area contributed by atoms with Crippen molar-refractivity contribution in [1.82, 2.24) is 30.0 Å². The fourth-order valence-corrected chi connectivity index (χ4v) is 2.97. The van der Waals surface area contributed by atoms with E-state index in [9.17, 15) is 9.18 Å². The van der Waals surface area contributed by atoms with E-state index in [-0.39, 0.29) is 11.7 Å². The number of rotatable bonds is 3. The molecule has 1 amide bonds. The SMILES string of the molecule is Cn1cc(N2CCC[C@@H](n3nnc(-c4cccc(F)c4)n3)C2=O)cn1. The Morgan fingerprint density at radius 3 is 2.96 bits per heavy atom. The summed E-state index contributed by atoms with van der Waals surface area (Å²) in [5, 5.41) is 16.4. The number of aryl methyl sites for hydroxylation is 1. The summed E-state index contributed by atoms with van der Waals surface area (Å²) in [4.78, 5) is 15.8. The molecule has 25 heavy (non-hydrogen) atoms. The van der Waals surface area contributed by atoms with Crippen LogP contribution >= 0.6 is 0 Å². The minimum Gasteiger partial charge on any atom is -0.308 e. The van der Waals surface area contributed by atoms with E-state index in [1.54, 1.807) is 41.2 Å². The molecule has 1 fully saturated rings. The molecule has 128 valence electrons. The molecule has 0 spiro atoms. The molecule has 0 aliphatic carbocycles. The van der Waals surface area contributed by atoms with Gasteiger partial charge >= 0.3 is 0 Å². The van der Waals surface area contributed by atoms with Gasteiger partial charge in [0.05, 0.1) is 11.9 Å². The second kappa shape index (κ2) is 6.08. The maximum Gasteiger partial charge on any atom is 0.253 e. The highest BCUT2D eigenvalue weighted by Crippen LogP contribution is 2.27. The van der Waals surface area contributed by atoms with Gasteiger partial charge in [-0.05, 0) is 30.2 Å². The number of hydrogen-bond donors (Lipinski definition) is 0. The van der Waals surface area contributed by atoms with Crippen LogP contribution in [0.5, 0.6) is 0 Å². The summed E-state index contributed by atoms with van der Waals surface area (Å²) in [6.45, 7) is 0.631. The van der Waals surface area contributed by atoms with Crippen molar-refractivity contribution < 1.29 is 9.18 Å². The van der Waals surface area contributed by atoms with E-state index in [2.05, 4.69) is 20.5 Å². The summed E-state index contributed by atoms with van der Waals surface area (Å²) in [7, 11) is 1.81. The molecule has 8 nitrogen and oxygen atoms in total. The molecule has 1 atom stereocenters. The molecule has 4 rings (SSSR count). The number of benzene rings is 1. The Morgan fingerprint density at radius 1 is 1.32 bits per heavy atom. The number of aromatic nitrogens is 6. The van der Waals surface area contributed by atoms with E-state index in [0.717, 1.165) is 12.1 Å². The Kier molecular flexibility index (Phi) is 3.75. The summed E-state index contributed by atoms with van der Waals surface area (Å²) in [5.41, 5.74) is 1.28. The molecule has 0 bridgehead atoms. The van der Waals surface area contributed by atoms with Crippen LogP contribution in [0.2, 0.25) is 0 Å². The maximum absolute atomic E-state index is 13.4. The van der Waals surface area contributed by atoms with Crippen molar-refractivity contribution in [2.45, 2.75) is 18.9 Å². The van der Waals surface area contributed by atoms with Crippen molar-refractivity contribution in [3.8, 4) is 11.4 Å². The maximum atomic E-state index is 13.4. The molecule has 0 unspecified atom stereocenters. The predicted molar refractivity (Wildman–Crippen MR) is 87.0 cm³/mol. The number of tetrazole rings is 1. The van der Waals surface area contributed by atoms with E-state index in [4.69, 9.17) is 0 Å². The van der Waals surface area contributed by atoms with Crippen molar-refractivity contribution in [3.63, 3.8) is 0 Å². The molecule has 3 aromatic rings. The average Bonchev–Trinajstić information content (AvgIpc) is 3.24. The number of hydrogen-bond acceptors (Lipinski definition) is 5. The van der Waals surface area contributed by atoms with Crippen LogP contribution in [0.15, 0.2) is 36.7 Å². The third kappa shape index (κ3) is 2.88. The van der Waals surface area contributed by atoms with Gasteiger partial charge in [-0.3, -0.25) is 9.48 Å². The largest absolute Gasteiger partial charge is 0.308 e. The lowest BCUT2D eigenvalue weighted by atomic mass is 10.1. The second-order valence-electron chi connectivity index (χ2n) is 5.96. The molecule has 1 saturated heterocycles.